The van der Waals surface area contributed by atoms with Crippen LogP contribution in [0.4, 0.5) is 0 Å². The van der Waals surface area contributed by atoms with Gasteiger partial charge in [-0.3, -0.25) is 0 Å². The minimum absolute atomic E-state index is 0.594. The van der Waals surface area contributed by atoms with Crippen molar-refractivity contribution in [1.29, 1.82) is 5.26 Å². The molecule has 0 N–H and O–H groups in total. The number of hydrogen-bond acceptors (Lipinski definition) is 3. The maximum absolute atomic E-state index is 10.0. The van der Waals surface area contributed by atoms with Gasteiger partial charge in [-0.2, -0.15) is 5.26 Å². The van der Waals surface area contributed by atoms with Crippen LogP contribution in [0.2, 0.25) is 0 Å². The first-order valence-corrected chi connectivity index (χ1v) is 19.5. The Morgan fingerprint density at radius 3 is 1.56 bits per heavy atom. The van der Waals surface area contributed by atoms with Crippen molar-refractivity contribution < 1.29 is 0 Å². The summed E-state index contributed by atoms with van der Waals surface area (Å²) in [5.41, 5.74) is 16.6. The first-order chi connectivity index (χ1) is 28.2. The predicted molar refractivity (Wildman–Crippen MR) is 232 cm³/mol. The number of allylic oxidation sites excluding steroid dienone is 4. The number of nitrogens with zero attached hydrogens (tertiary/aromatic N) is 3. The maximum Gasteiger partial charge on any atom is 0.160 e. The number of fused-ring (bicyclic) bond motifs is 3. The van der Waals surface area contributed by atoms with Gasteiger partial charge in [0.15, 0.2) is 5.82 Å². The Hall–Kier alpha value is -7.41. The molecule has 1 aromatic heterocycles. The molecule has 268 valence electrons. The molecule has 0 saturated carbocycles. The minimum Gasteiger partial charge on any atom is -0.228 e. The lowest BCUT2D eigenvalue weighted by Gasteiger charge is -2.34. The molecule has 0 unspecified atom stereocenters. The number of benzene rings is 7. The van der Waals surface area contributed by atoms with Crippen molar-refractivity contribution in [2.45, 2.75) is 18.3 Å². The van der Waals surface area contributed by atoms with Crippen LogP contribution in [0.1, 0.15) is 46.2 Å². The minimum atomic E-state index is -0.594. The zero-order valence-corrected chi connectivity index (χ0v) is 31.3. The lowest BCUT2D eigenvalue weighted by molar-refractivity contribution is 0.768. The summed E-state index contributed by atoms with van der Waals surface area (Å²) in [6.07, 6.45) is 8.95. The molecule has 0 spiro atoms. The first kappa shape index (κ1) is 34.1. The molecule has 0 radical (unpaired) electrons. The largest absolute Gasteiger partial charge is 0.228 e. The van der Waals surface area contributed by atoms with Gasteiger partial charge in [-0.25, -0.2) is 9.97 Å². The van der Waals surface area contributed by atoms with Gasteiger partial charge in [0, 0.05) is 16.7 Å². The van der Waals surface area contributed by atoms with E-state index in [4.69, 9.17) is 9.97 Å². The second-order valence-electron chi connectivity index (χ2n) is 14.7. The van der Waals surface area contributed by atoms with E-state index in [9.17, 15) is 5.26 Å². The molecule has 8 aromatic rings. The SMILES string of the molecule is N#Cc1ccc2c(c1)C(c1ccccc1)(c1ccccc1)c1cc(-c3ccc(-c4cc(-c5ccc(C6=CCCC=C6)cc5)nc(-c5ccccc5)n4)cc3)ccc1-2. The quantitative estimate of drug-likeness (QED) is 0.164. The summed E-state index contributed by atoms with van der Waals surface area (Å²) in [4.78, 5) is 10.2. The summed E-state index contributed by atoms with van der Waals surface area (Å²) >= 11 is 0. The monoisotopic (exact) mass is 727 g/mol. The van der Waals surface area contributed by atoms with Gasteiger partial charge in [0.25, 0.3) is 0 Å². The van der Waals surface area contributed by atoms with E-state index in [2.05, 4.69) is 182 Å². The normalized spacial score (nSPS) is 13.6. The summed E-state index contributed by atoms with van der Waals surface area (Å²) in [5, 5.41) is 10.0. The molecule has 0 aliphatic heterocycles. The van der Waals surface area contributed by atoms with E-state index in [-0.39, 0.29) is 0 Å². The van der Waals surface area contributed by atoms with Crippen LogP contribution in [0.3, 0.4) is 0 Å². The van der Waals surface area contributed by atoms with Crippen LogP contribution >= 0.6 is 0 Å². The molecule has 3 heteroatoms. The molecule has 57 heavy (non-hydrogen) atoms. The Labute approximate surface area is 333 Å². The van der Waals surface area contributed by atoms with Crippen molar-refractivity contribution in [3.8, 4) is 62.2 Å². The van der Waals surface area contributed by atoms with E-state index in [0.29, 0.717) is 11.4 Å². The van der Waals surface area contributed by atoms with Gasteiger partial charge < -0.3 is 0 Å². The second-order valence-corrected chi connectivity index (χ2v) is 14.7. The van der Waals surface area contributed by atoms with Gasteiger partial charge in [-0.05, 0) is 92.8 Å². The van der Waals surface area contributed by atoms with Crippen molar-refractivity contribution >= 4 is 5.57 Å². The average Bonchev–Trinajstić information content (AvgIpc) is 3.59. The van der Waals surface area contributed by atoms with E-state index in [1.807, 2.05) is 24.3 Å². The standard InChI is InChI=1S/C54H37N3/c55-36-37-21-31-47-48-32-30-44(34-50(48)54(49(47)33-37,45-17-9-3-10-18-45)46-19-11-4-12-20-46)40-24-28-42(29-25-40)52-35-51(56-53(57-52)43-15-7-2-8-16-43)41-26-22-39(23-27-41)38-13-5-1-6-14-38/h2-5,7-35H,1,6H2. The van der Waals surface area contributed by atoms with E-state index in [1.165, 1.54) is 33.4 Å². The van der Waals surface area contributed by atoms with Crippen molar-refractivity contribution in [2.24, 2.45) is 0 Å². The van der Waals surface area contributed by atoms with Gasteiger partial charge in [0.05, 0.1) is 28.4 Å². The molecule has 0 fully saturated rings. The van der Waals surface area contributed by atoms with Crippen LogP contribution in [0.25, 0.3) is 61.7 Å². The first-order valence-electron chi connectivity index (χ1n) is 19.5. The zero-order chi connectivity index (χ0) is 38.2. The fourth-order valence-electron chi connectivity index (χ4n) is 8.69. The Morgan fingerprint density at radius 1 is 0.456 bits per heavy atom. The fourth-order valence-corrected chi connectivity index (χ4v) is 8.69. The average molecular weight is 728 g/mol. The number of nitriles is 1. The van der Waals surface area contributed by atoms with Gasteiger partial charge in [0.1, 0.15) is 0 Å². The van der Waals surface area contributed by atoms with Crippen molar-refractivity contribution in [1.82, 2.24) is 9.97 Å². The van der Waals surface area contributed by atoms with Crippen LogP contribution in [0, 0.1) is 11.3 Å². The third kappa shape index (κ3) is 6.00. The van der Waals surface area contributed by atoms with Gasteiger partial charge in [-0.15, -0.1) is 0 Å². The lowest BCUT2D eigenvalue weighted by atomic mass is 9.67. The third-order valence-electron chi connectivity index (χ3n) is 11.5. The molecule has 0 bridgehead atoms. The summed E-state index contributed by atoms with van der Waals surface area (Å²) in [5.74, 6) is 0.699. The number of hydrogen-bond donors (Lipinski definition) is 0. The Balaban J connectivity index is 1.07. The Kier molecular flexibility index (Phi) is 8.58. The highest BCUT2D eigenvalue weighted by molar-refractivity contribution is 5.89. The smallest absolute Gasteiger partial charge is 0.160 e. The van der Waals surface area contributed by atoms with E-state index in [0.717, 1.165) is 63.2 Å². The summed E-state index contributed by atoms with van der Waals surface area (Å²) in [6.45, 7) is 0. The topological polar surface area (TPSA) is 49.6 Å². The molecular weight excluding hydrogens is 691 g/mol. The second kappa shape index (κ2) is 14.3. The molecule has 0 atom stereocenters. The molecular formula is C54H37N3. The van der Waals surface area contributed by atoms with Gasteiger partial charge in [0.2, 0.25) is 0 Å². The van der Waals surface area contributed by atoms with E-state index >= 15 is 0 Å². The van der Waals surface area contributed by atoms with Crippen molar-refractivity contribution in [2.75, 3.05) is 0 Å². The zero-order valence-electron chi connectivity index (χ0n) is 31.3. The predicted octanol–water partition coefficient (Wildman–Crippen LogP) is 13.1. The molecule has 2 aliphatic rings. The molecule has 2 aliphatic carbocycles. The van der Waals surface area contributed by atoms with Gasteiger partial charge >= 0.3 is 0 Å². The summed E-state index contributed by atoms with van der Waals surface area (Å²) in [6, 6.07) is 66.6. The van der Waals surface area contributed by atoms with Gasteiger partial charge in [-0.1, -0.05) is 176 Å². The summed E-state index contributed by atoms with van der Waals surface area (Å²) < 4.78 is 0. The third-order valence-corrected chi connectivity index (χ3v) is 11.5. The van der Waals surface area contributed by atoms with E-state index < -0.39 is 5.41 Å². The van der Waals surface area contributed by atoms with Crippen molar-refractivity contribution in [3.63, 3.8) is 0 Å². The highest BCUT2D eigenvalue weighted by atomic mass is 14.9. The van der Waals surface area contributed by atoms with Crippen LogP contribution in [0.5, 0.6) is 0 Å². The highest BCUT2D eigenvalue weighted by Gasteiger charge is 2.46. The molecule has 7 aromatic carbocycles. The maximum atomic E-state index is 10.0. The van der Waals surface area contributed by atoms with Crippen LogP contribution in [0.15, 0.2) is 200 Å². The Morgan fingerprint density at radius 2 is 0.982 bits per heavy atom. The molecule has 0 saturated heterocycles. The molecule has 1 heterocycles. The van der Waals surface area contributed by atoms with Crippen LogP contribution < -0.4 is 0 Å². The lowest BCUT2D eigenvalue weighted by Crippen LogP contribution is -2.28. The molecule has 0 amide bonds. The fraction of sp³-hybridized carbons (Fsp3) is 0.0556. The number of rotatable bonds is 7. The summed E-state index contributed by atoms with van der Waals surface area (Å²) in [7, 11) is 0. The molecule has 3 nitrogen and oxygen atoms in total. The Bertz CT molecular complexity index is 2830. The van der Waals surface area contributed by atoms with Crippen LogP contribution in [-0.2, 0) is 5.41 Å². The van der Waals surface area contributed by atoms with Crippen molar-refractivity contribution in [3.05, 3.63) is 234 Å². The molecule has 10 rings (SSSR count). The van der Waals surface area contributed by atoms with Crippen LogP contribution in [-0.4, -0.2) is 9.97 Å². The number of aromatic nitrogens is 2. The van der Waals surface area contributed by atoms with E-state index in [1.54, 1.807) is 0 Å². The highest BCUT2D eigenvalue weighted by Crippen LogP contribution is 2.57.